The second-order valence-corrected chi connectivity index (χ2v) is 6.05. The molecule has 1 aliphatic heterocycles. The maximum atomic E-state index is 14.2. The molecule has 0 aromatic heterocycles. The summed E-state index contributed by atoms with van der Waals surface area (Å²) in [7, 11) is 0. The summed E-state index contributed by atoms with van der Waals surface area (Å²) in [5.74, 6) is -1.07. The van der Waals surface area contributed by atoms with Crippen molar-refractivity contribution in [2.24, 2.45) is 0 Å². The SMILES string of the molecule is CCC1(CC)NC(=O)C(C)N(c2c(F)cccc2Br)C1=O. The van der Waals surface area contributed by atoms with Gasteiger partial charge in [0.05, 0.1) is 5.69 Å². The van der Waals surface area contributed by atoms with Gasteiger partial charge in [0.15, 0.2) is 0 Å². The van der Waals surface area contributed by atoms with Crippen LogP contribution in [0.5, 0.6) is 0 Å². The smallest absolute Gasteiger partial charge is 0.253 e. The number of halogens is 2. The molecular formula is C15H18BrFN2O2. The van der Waals surface area contributed by atoms with Gasteiger partial charge in [-0.2, -0.15) is 0 Å². The zero-order valence-corrected chi connectivity index (χ0v) is 13.8. The van der Waals surface area contributed by atoms with Gasteiger partial charge in [0.25, 0.3) is 5.91 Å². The fourth-order valence-corrected chi connectivity index (χ4v) is 3.19. The average Bonchev–Trinajstić information content (AvgIpc) is 2.46. The van der Waals surface area contributed by atoms with Crippen molar-refractivity contribution in [1.29, 1.82) is 0 Å². The van der Waals surface area contributed by atoms with E-state index in [0.29, 0.717) is 17.3 Å². The highest BCUT2D eigenvalue weighted by molar-refractivity contribution is 9.10. The number of amides is 2. The fourth-order valence-electron chi connectivity index (χ4n) is 2.66. The standard InChI is InChI=1S/C15H18BrFN2O2/c1-4-15(5-2)14(21)19(9(3)13(20)18-15)12-10(16)7-6-8-11(12)17/h6-9H,4-5H2,1-3H3,(H,18,20). The predicted octanol–water partition coefficient (Wildman–Crippen LogP) is 3.00. The molecule has 2 rings (SSSR count). The van der Waals surface area contributed by atoms with Crippen LogP contribution in [0.3, 0.4) is 0 Å². The highest BCUT2D eigenvalue weighted by Gasteiger charge is 2.48. The summed E-state index contributed by atoms with van der Waals surface area (Å²) in [4.78, 5) is 26.4. The summed E-state index contributed by atoms with van der Waals surface area (Å²) in [6.45, 7) is 5.28. The second kappa shape index (κ2) is 5.75. The number of carbonyl (C=O) groups excluding carboxylic acids is 2. The van der Waals surface area contributed by atoms with Crippen molar-refractivity contribution in [2.45, 2.75) is 45.2 Å². The van der Waals surface area contributed by atoms with Crippen LogP contribution in [0.1, 0.15) is 33.6 Å². The summed E-state index contributed by atoms with van der Waals surface area (Å²) < 4.78 is 14.7. The molecule has 1 aromatic carbocycles. The van der Waals surface area contributed by atoms with Gasteiger partial charge in [0.1, 0.15) is 17.4 Å². The van der Waals surface area contributed by atoms with Crippen molar-refractivity contribution in [2.75, 3.05) is 4.90 Å². The Kier molecular flexibility index (Phi) is 4.37. The number of nitrogens with zero attached hydrogens (tertiary/aromatic N) is 1. The van der Waals surface area contributed by atoms with E-state index in [2.05, 4.69) is 21.2 Å². The Morgan fingerprint density at radius 3 is 2.48 bits per heavy atom. The molecule has 0 saturated carbocycles. The van der Waals surface area contributed by atoms with Crippen LogP contribution in [0.2, 0.25) is 0 Å². The molecule has 4 nitrogen and oxygen atoms in total. The molecule has 1 aliphatic rings. The van der Waals surface area contributed by atoms with Gasteiger partial charge in [-0.1, -0.05) is 19.9 Å². The molecule has 1 atom stereocenters. The summed E-state index contributed by atoms with van der Waals surface area (Å²) in [6, 6.07) is 3.74. The van der Waals surface area contributed by atoms with Crippen molar-refractivity contribution in [1.82, 2.24) is 5.32 Å². The molecule has 0 bridgehead atoms. The highest BCUT2D eigenvalue weighted by atomic mass is 79.9. The van der Waals surface area contributed by atoms with Crippen molar-refractivity contribution in [3.8, 4) is 0 Å². The molecule has 1 fully saturated rings. The summed E-state index contributed by atoms with van der Waals surface area (Å²) in [5, 5.41) is 2.80. The maximum absolute atomic E-state index is 14.2. The Hall–Kier alpha value is -1.43. The monoisotopic (exact) mass is 356 g/mol. The van der Waals surface area contributed by atoms with E-state index in [4.69, 9.17) is 0 Å². The lowest BCUT2D eigenvalue weighted by atomic mass is 9.87. The van der Waals surface area contributed by atoms with Crippen LogP contribution >= 0.6 is 15.9 Å². The largest absolute Gasteiger partial charge is 0.340 e. The number of nitrogens with one attached hydrogen (secondary N) is 1. The minimum atomic E-state index is -0.967. The number of hydrogen-bond acceptors (Lipinski definition) is 2. The van der Waals surface area contributed by atoms with Gasteiger partial charge in [-0.05, 0) is 47.8 Å². The second-order valence-electron chi connectivity index (χ2n) is 5.20. The number of anilines is 1. The van der Waals surface area contributed by atoms with Crippen LogP contribution < -0.4 is 10.2 Å². The van der Waals surface area contributed by atoms with Gasteiger partial charge < -0.3 is 5.32 Å². The van der Waals surface area contributed by atoms with Crippen molar-refractivity contribution in [3.63, 3.8) is 0 Å². The van der Waals surface area contributed by atoms with Crippen LogP contribution in [0, 0.1) is 5.82 Å². The minimum absolute atomic E-state index is 0.121. The van der Waals surface area contributed by atoms with E-state index in [1.807, 2.05) is 13.8 Å². The lowest BCUT2D eigenvalue weighted by Crippen LogP contribution is -2.69. The molecule has 0 spiro atoms. The summed E-state index contributed by atoms with van der Waals surface area (Å²) in [6.07, 6.45) is 0.923. The van der Waals surface area contributed by atoms with Gasteiger partial charge >= 0.3 is 0 Å². The van der Waals surface area contributed by atoms with E-state index < -0.39 is 17.4 Å². The van der Waals surface area contributed by atoms with E-state index >= 15 is 0 Å². The number of para-hydroxylation sites is 1. The first-order valence-electron chi connectivity index (χ1n) is 6.97. The Morgan fingerprint density at radius 1 is 1.33 bits per heavy atom. The molecular weight excluding hydrogens is 339 g/mol. The fraction of sp³-hybridized carbons (Fsp3) is 0.467. The Bertz CT molecular complexity index is 567. The van der Waals surface area contributed by atoms with E-state index in [0.717, 1.165) is 0 Å². The lowest BCUT2D eigenvalue weighted by Gasteiger charge is -2.44. The van der Waals surface area contributed by atoms with Gasteiger partial charge in [-0.3, -0.25) is 14.5 Å². The molecule has 0 radical (unpaired) electrons. The minimum Gasteiger partial charge on any atom is -0.340 e. The molecule has 1 heterocycles. The highest BCUT2D eigenvalue weighted by Crippen LogP contribution is 2.35. The molecule has 1 N–H and O–H groups in total. The zero-order chi connectivity index (χ0) is 15.8. The normalized spacial score (nSPS) is 21.4. The molecule has 6 heteroatoms. The summed E-state index contributed by atoms with van der Waals surface area (Å²) in [5.41, 5.74) is -0.846. The van der Waals surface area contributed by atoms with E-state index in [-0.39, 0.29) is 17.5 Å². The van der Waals surface area contributed by atoms with Crippen molar-refractivity contribution < 1.29 is 14.0 Å². The van der Waals surface area contributed by atoms with E-state index in [9.17, 15) is 14.0 Å². The topological polar surface area (TPSA) is 49.4 Å². The quantitative estimate of drug-likeness (QED) is 0.904. The molecule has 1 unspecified atom stereocenters. The number of rotatable bonds is 3. The third kappa shape index (κ3) is 2.46. The van der Waals surface area contributed by atoms with Crippen LogP contribution in [0.4, 0.5) is 10.1 Å². The summed E-state index contributed by atoms with van der Waals surface area (Å²) >= 11 is 3.27. The van der Waals surface area contributed by atoms with Gasteiger partial charge in [-0.15, -0.1) is 0 Å². The van der Waals surface area contributed by atoms with Crippen molar-refractivity contribution in [3.05, 3.63) is 28.5 Å². The molecule has 21 heavy (non-hydrogen) atoms. The number of hydrogen-bond donors (Lipinski definition) is 1. The Morgan fingerprint density at radius 2 is 1.95 bits per heavy atom. The first kappa shape index (κ1) is 15.9. The van der Waals surface area contributed by atoms with Gasteiger partial charge in [-0.25, -0.2) is 4.39 Å². The first-order valence-corrected chi connectivity index (χ1v) is 7.77. The van der Waals surface area contributed by atoms with E-state index in [1.165, 1.54) is 11.0 Å². The Balaban J connectivity index is 2.59. The molecule has 0 aliphatic carbocycles. The number of benzene rings is 1. The third-order valence-electron chi connectivity index (χ3n) is 4.14. The molecule has 114 valence electrons. The molecule has 1 aromatic rings. The average molecular weight is 357 g/mol. The van der Waals surface area contributed by atoms with Crippen LogP contribution in [0.25, 0.3) is 0 Å². The lowest BCUT2D eigenvalue weighted by molar-refractivity contribution is -0.138. The van der Waals surface area contributed by atoms with Gasteiger partial charge in [0.2, 0.25) is 5.91 Å². The molecule has 2 amide bonds. The third-order valence-corrected chi connectivity index (χ3v) is 4.78. The zero-order valence-electron chi connectivity index (χ0n) is 12.2. The van der Waals surface area contributed by atoms with Crippen LogP contribution in [-0.4, -0.2) is 23.4 Å². The van der Waals surface area contributed by atoms with Crippen LogP contribution in [0.15, 0.2) is 22.7 Å². The number of carbonyl (C=O) groups is 2. The Labute approximate surface area is 131 Å². The molecule has 1 saturated heterocycles. The number of piperazine rings is 1. The predicted molar refractivity (Wildman–Crippen MR) is 82.5 cm³/mol. The van der Waals surface area contributed by atoms with Crippen molar-refractivity contribution >= 4 is 33.4 Å². The van der Waals surface area contributed by atoms with Gasteiger partial charge in [0, 0.05) is 4.47 Å². The maximum Gasteiger partial charge on any atom is 0.253 e. The first-order chi connectivity index (χ1) is 9.88. The van der Waals surface area contributed by atoms with Crippen LogP contribution in [-0.2, 0) is 9.59 Å². The van der Waals surface area contributed by atoms with E-state index in [1.54, 1.807) is 19.1 Å².